The number of carboxylic acid groups (broad SMARTS) is 1. The van der Waals surface area contributed by atoms with Gasteiger partial charge >= 0.3 is 11.9 Å². The molecule has 15 aromatic rings. The largest absolute Gasteiger partial charge is 0.497 e. The molecule has 0 unspecified atom stereocenters. The number of rotatable bonds is 25. The third-order valence-electron chi connectivity index (χ3n) is 18.5. The highest BCUT2D eigenvalue weighted by atomic mass is 32.2. The third-order valence-corrected chi connectivity index (χ3v) is 25.7. The molecule has 0 radical (unpaired) electrons. The second kappa shape index (κ2) is 40.8. The van der Waals surface area contributed by atoms with Crippen molar-refractivity contribution in [2.45, 2.75) is 70.0 Å². The second-order valence-electron chi connectivity index (χ2n) is 25.4. The number of hydrogen-bond acceptors (Lipinski definition) is 21. The molecule has 0 aliphatic heterocycles. The highest BCUT2D eigenvalue weighted by Gasteiger charge is 2.27. The first-order chi connectivity index (χ1) is 56.9. The van der Waals surface area contributed by atoms with Gasteiger partial charge in [0, 0.05) is 116 Å². The van der Waals surface area contributed by atoms with Crippen molar-refractivity contribution in [1.29, 1.82) is 0 Å². The lowest BCUT2D eigenvalue weighted by Crippen LogP contribution is -2.06. The molecule has 15 rings (SSSR count). The second-order valence-corrected chi connectivity index (χ2v) is 33.1. The summed E-state index contributed by atoms with van der Waals surface area (Å²) in [6.07, 6.45) is 10.5. The molecule has 0 saturated carbocycles. The molecule has 0 fully saturated rings. The number of esters is 1. The minimum Gasteiger partial charge on any atom is -0.497 e. The Kier molecular flexibility index (Phi) is 30.3. The van der Waals surface area contributed by atoms with Crippen LogP contribution < -0.4 is 47.4 Å². The Morgan fingerprint density at radius 2 is 0.695 bits per heavy atom. The number of benzene rings is 10. The summed E-state index contributed by atoms with van der Waals surface area (Å²) in [7, 11) is 6.05. The number of aromatic amines is 3. The minimum atomic E-state index is -3.79. The number of nitrogens with one attached hydrogen (secondary N) is 3. The van der Waals surface area contributed by atoms with Gasteiger partial charge in [0.05, 0.1) is 142 Å². The molecule has 10 aromatic carbocycles. The molecule has 4 N–H and O–H groups in total. The van der Waals surface area contributed by atoms with Crippen molar-refractivity contribution in [2.75, 3.05) is 84.5 Å². The lowest BCUT2D eigenvalue weighted by molar-refractivity contribution is -0.141. The number of thioether (sulfide) groups is 1. The first kappa shape index (κ1) is 87.8. The molecular formula is C88H89N5O20S5. The number of carbonyl (C=O) groups is 2. The molecule has 5 aromatic heterocycles. The lowest BCUT2D eigenvalue weighted by Gasteiger charge is -2.06. The van der Waals surface area contributed by atoms with Gasteiger partial charge < -0.3 is 81.3 Å². The molecular weight excluding hydrogens is 1610 g/mol. The fraction of sp³-hybridized carbons (Fsp3) is 0.182. The summed E-state index contributed by atoms with van der Waals surface area (Å²) in [5, 5.41) is 13.1. The normalized spacial score (nSPS) is 11.1. The topological polar surface area (TPSA) is 316 Å². The van der Waals surface area contributed by atoms with E-state index < -0.39 is 35.5 Å². The Hall–Kier alpha value is -12.6. The van der Waals surface area contributed by atoms with E-state index in [1.807, 2.05) is 85.2 Å². The van der Waals surface area contributed by atoms with Crippen LogP contribution in [0.1, 0.15) is 12.8 Å². The molecule has 0 amide bonds. The molecule has 0 bridgehead atoms. The number of methoxy groups -OCH3 is 11. The van der Waals surface area contributed by atoms with Crippen LogP contribution in [0.3, 0.4) is 0 Å². The van der Waals surface area contributed by atoms with Crippen LogP contribution in [0.15, 0.2) is 293 Å². The summed E-state index contributed by atoms with van der Waals surface area (Å²) in [5.41, 5.74) is 4.18. The smallest absolute Gasteiger partial charge is 0.307 e. The zero-order valence-corrected chi connectivity index (χ0v) is 70.7. The van der Waals surface area contributed by atoms with Gasteiger partial charge in [0.1, 0.15) is 57.5 Å². The van der Waals surface area contributed by atoms with Crippen LogP contribution in [0.25, 0.3) is 54.5 Å². The number of aryl methyl sites for hydroxylation is 2. The maximum absolute atomic E-state index is 13.2. The van der Waals surface area contributed by atoms with Gasteiger partial charge in [0.2, 0.25) is 29.5 Å². The van der Waals surface area contributed by atoms with E-state index in [2.05, 4.69) is 44.1 Å². The van der Waals surface area contributed by atoms with Crippen molar-refractivity contribution in [1.82, 2.24) is 24.1 Å². The van der Waals surface area contributed by atoms with E-state index >= 15 is 0 Å². The molecule has 5 heterocycles. The van der Waals surface area contributed by atoms with Crippen molar-refractivity contribution in [2.24, 2.45) is 0 Å². The Morgan fingerprint density at radius 3 is 1.10 bits per heavy atom. The quantitative estimate of drug-likeness (QED) is 0.0305. The van der Waals surface area contributed by atoms with Gasteiger partial charge in [-0.3, -0.25) is 9.59 Å². The van der Waals surface area contributed by atoms with Gasteiger partial charge in [0.15, 0.2) is 0 Å². The van der Waals surface area contributed by atoms with Crippen LogP contribution in [0.5, 0.6) is 57.5 Å². The van der Waals surface area contributed by atoms with Gasteiger partial charge in [-0.25, -0.2) is 25.3 Å². The standard InChI is InChI=1S/C20H21NO6S.C19H19NO6S.C16H15NO4S.C16H15NO2S.C9H9NO.C8H10OS/c1-25-14-4-7-16(8-5-14)28(23,24)19-13-21(11-10-20(22)27-3)18-12-15(26-2)6-9-17(18)19;1-25-13-3-6-15(7-4-13)27(23,24)18-12-20(10-9-19(21)22)17-11-14(26-2)5-8-16(17)18;1-20-11-3-6-13(7-4-11)22(18,19)16-10-17-15-9-12(21-2)5-8-14(15)16;1-18-11-3-6-13(7-4-11)20-16-10-17-15-9-12(19-2)5-8-14(15)16;1-11-8-3-2-7-4-5-10-9(7)6-8;1-9-7-3-5-8(10-2)6-4-7/h4-9,12-13H,10-11H2,1-3H3;3-8,11-12H,9-10H2,1-2H3,(H,21,22);3-10,17H,1-2H3;3-10,17H,1-2H3;2-6,10H,1H3;3-6H,1-2H3. The van der Waals surface area contributed by atoms with E-state index in [0.717, 1.165) is 34.0 Å². The first-order valence-corrected chi connectivity index (χ1v) is 42.6. The molecule has 25 nitrogen and oxygen atoms in total. The average molecular weight is 1700 g/mol. The van der Waals surface area contributed by atoms with Gasteiger partial charge in [-0.2, -0.15) is 0 Å². The summed E-state index contributed by atoms with van der Waals surface area (Å²) in [4.78, 5) is 36.6. The number of ether oxygens (including phenoxy) is 11. The molecule has 0 aliphatic carbocycles. The van der Waals surface area contributed by atoms with Crippen molar-refractivity contribution < 1.29 is 92.1 Å². The van der Waals surface area contributed by atoms with E-state index in [1.54, 1.807) is 165 Å². The van der Waals surface area contributed by atoms with Crippen LogP contribution in [0, 0.1) is 0 Å². The maximum Gasteiger partial charge on any atom is 0.307 e. The number of carbonyl (C=O) groups excluding carboxylic acids is 1. The highest BCUT2D eigenvalue weighted by molar-refractivity contribution is 7.99. The molecule has 30 heteroatoms. The lowest BCUT2D eigenvalue weighted by atomic mass is 10.2. The molecule has 0 saturated heterocycles. The predicted octanol–water partition coefficient (Wildman–Crippen LogP) is 18.0. The number of aromatic nitrogens is 5. The van der Waals surface area contributed by atoms with Gasteiger partial charge in [-0.15, -0.1) is 11.8 Å². The number of H-pyrrole nitrogens is 3. The van der Waals surface area contributed by atoms with Crippen LogP contribution in [-0.4, -0.2) is 151 Å². The Morgan fingerprint density at radius 1 is 0.356 bits per heavy atom. The number of hydrogen-bond donors (Lipinski definition) is 4. The number of aliphatic carboxylic acids is 1. The zero-order valence-electron chi connectivity index (χ0n) is 66.6. The van der Waals surface area contributed by atoms with E-state index in [0.29, 0.717) is 67.2 Å². The molecule has 0 spiro atoms. The SMILES string of the molecule is COC(=O)CCn1cc(S(=O)(=O)c2ccc(OC)cc2)c2ccc(OC)cc21.COc1ccc(S(=O)(=O)c2c[nH]c3cc(OC)ccc23)cc1.COc1ccc(S(=O)(=O)c2cn(CCC(=O)O)c3cc(OC)ccc23)cc1.COc1ccc(SC)cc1.COc1ccc(Sc2c[nH]c3cc(OC)ccc23)cc1.COc1ccc2cc[nH]c2c1. The van der Waals surface area contributed by atoms with Crippen molar-refractivity contribution >= 4 is 119 Å². The Bertz CT molecular complexity index is 6220. The van der Waals surface area contributed by atoms with Crippen molar-refractivity contribution in [3.63, 3.8) is 0 Å². The zero-order chi connectivity index (χ0) is 84.7. The first-order valence-electron chi connectivity index (χ1n) is 36.1. The summed E-state index contributed by atoms with van der Waals surface area (Å²) >= 11 is 3.46. The number of carboxylic acids is 1. The molecule has 0 aliphatic rings. The van der Waals surface area contributed by atoms with Crippen molar-refractivity contribution in [3.8, 4) is 57.5 Å². The third kappa shape index (κ3) is 21.5. The van der Waals surface area contributed by atoms with E-state index in [4.69, 9.17) is 52.5 Å². The molecule has 0 atom stereocenters. The molecule has 118 heavy (non-hydrogen) atoms. The Balaban J connectivity index is 0.000000154. The van der Waals surface area contributed by atoms with E-state index in [1.165, 1.54) is 117 Å². The number of nitrogens with zero attached hydrogens (tertiary/aromatic N) is 2. The minimum absolute atomic E-state index is 0.121. The van der Waals surface area contributed by atoms with Crippen LogP contribution in [-0.2, 0) is 56.9 Å². The summed E-state index contributed by atoms with van der Waals surface area (Å²) in [6, 6.07) is 64.3. The summed E-state index contributed by atoms with van der Waals surface area (Å²) in [5.74, 6) is 5.78. The van der Waals surface area contributed by atoms with Gasteiger partial charge in [-0.1, -0.05) is 11.8 Å². The van der Waals surface area contributed by atoms with E-state index in [-0.39, 0.29) is 61.3 Å². The Labute approximate surface area is 692 Å². The fourth-order valence-corrected chi connectivity index (χ4v) is 17.8. The van der Waals surface area contributed by atoms with Gasteiger partial charge in [0.25, 0.3) is 0 Å². The number of sulfone groups is 3. The van der Waals surface area contributed by atoms with Crippen LogP contribution in [0.4, 0.5) is 0 Å². The summed E-state index contributed by atoms with van der Waals surface area (Å²) in [6.45, 7) is 0.436. The monoisotopic (exact) mass is 1700 g/mol. The van der Waals surface area contributed by atoms with Crippen LogP contribution >= 0.6 is 23.5 Å². The van der Waals surface area contributed by atoms with Gasteiger partial charge in [-0.05, 0) is 200 Å². The average Bonchev–Trinajstić information content (AvgIpc) is 1.60. The van der Waals surface area contributed by atoms with E-state index in [9.17, 15) is 34.8 Å². The van der Waals surface area contributed by atoms with Crippen molar-refractivity contribution in [3.05, 3.63) is 249 Å². The van der Waals surface area contributed by atoms with Crippen LogP contribution in [0.2, 0.25) is 0 Å². The fourth-order valence-electron chi connectivity index (χ4n) is 12.1. The predicted molar refractivity (Wildman–Crippen MR) is 458 cm³/mol. The summed E-state index contributed by atoms with van der Waals surface area (Å²) < 4.78 is 138. The number of fused-ring (bicyclic) bond motifs is 5. The molecule has 616 valence electrons. The highest BCUT2D eigenvalue weighted by Crippen LogP contribution is 2.39. The maximum atomic E-state index is 13.2.